The van der Waals surface area contributed by atoms with Crippen molar-refractivity contribution in [2.45, 2.75) is 0 Å². The molecule has 3 rings (SSSR count). The molecule has 8 heteroatoms. The number of rotatable bonds is 5. The van der Waals surface area contributed by atoms with Crippen molar-refractivity contribution in [3.8, 4) is 5.75 Å². The number of hydrogen-bond donors (Lipinski definition) is 2. The summed E-state index contributed by atoms with van der Waals surface area (Å²) in [6, 6.07) is 19.5. The van der Waals surface area contributed by atoms with Crippen molar-refractivity contribution in [1.82, 2.24) is 0 Å². The number of carbonyl (C=O) groups is 2. The highest BCUT2D eigenvalue weighted by atomic mass is 127. The average molecular weight is 487 g/mol. The van der Waals surface area contributed by atoms with Gasteiger partial charge in [0.25, 0.3) is 5.91 Å². The van der Waals surface area contributed by atoms with Gasteiger partial charge in [0.15, 0.2) is 0 Å². The van der Waals surface area contributed by atoms with Gasteiger partial charge in [0, 0.05) is 9.13 Å². The lowest BCUT2D eigenvalue weighted by molar-refractivity contribution is 0.0595. The minimum Gasteiger partial charge on any atom is -0.508 e. The van der Waals surface area contributed by atoms with Crippen molar-refractivity contribution < 1.29 is 19.5 Å². The highest BCUT2D eigenvalue weighted by Gasteiger charge is 2.11. The molecule has 0 unspecified atom stereocenters. The molecule has 3 aromatic carbocycles. The van der Waals surface area contributed by atoms with Gasteiger partial charge in [0.2, 0.25) is 0 Å². The molecule has 0 aliphatic rings. The Morgan fingerprint density at radius 3 is 2.43 bits per heavy atom. The van der Waals surface area contributed by atoms with E-state index < -0.39 is 11.9 Å². The molecular weight excluding hydrogens is 473 g/mol. The summed E-state index contributed by atoms with van der Waals surface area (Å²) in [5, 5.41) is 16.9. The van der Waals surface area contributed by atoms with Crippen molar-refractivity contribution >= 4 is 45.8 Å². The van der Waals surface area contributed by atoms with E-state index in [9.17, 15) is 14.7 Å². The van der Waals surface area contributed by atoms with Crippen molar-refractivity contribution in [3.63, 3.8) is 0 Å². The predicted octanol–water partition coefficient (Wildman–Crippen LogP) is 5.10. The molecular formula is C20H14IN3O4. The molecule has 0 saturated carbocycles. The SMILES string of the molecule is O=C(N=Nc1ccc(NOC(=O)c2ccccc2I)cc1)c1cccc(O)c1. The van der Waals surface area contributed by atoms with Crippen LogP contribution >= 0.6 is 22.6 Å². The number of halogens is 1. The Morgan fingerprint density at radius 1 is 0.964 bits per heavy atom. The van der Waals surface area contributed by atoms with Gasteiger partial charge in [0.1, 0.15) is 5.75 Å². The molecule has 28 heavy (non-hydrogen) atoms. The van der Waals surface area contributed by atoms with E-state index in [0.29, 0.717) is 16.9 Å². The standard InChI is InChI=1S/C20H14IN3O4/c21-18-7-2-1-6-17(18)20(27)28-24-15-10-8-14(9-11-15)22-23-19(26)13-4-3-5-16(25)12-13/h1-12,24-25H. The number of benzene rings is 3. The molecule has 0 heterocycles. The van der Waals surface area contributed by atoms with Crippen LogP contribution < -0.4 is 5.48 Å². The topological polar surface area (TPSA) is 100 Å². The van der Waals surface area contributed by atoms with Crippen molar-refractivity contribution in [2.75, 3.05) is 5.48 Å². The third-order valence-corrected chi connectivity index (χ3v) is 4.51. The monoisotopic (exact) mass is 487 g/mol. The van der Waals surface area contributed by atoms with Crippen LogP contribution in [0.2, 0.25) is 0 Å². The van der Waals surface area contributed by atoms with E-state index in [4.69, 9.17) is 4.84 Å². The zero-order chi connectivity index (χ0) is 19.9. The van der Waals surface area contributed by atoms with E-state index in [1.807, 2.05) is 12.1 Å². The minimum absolute atomic E-state index is 0.0174. The number of azo groups is 1. The number of hydrogen-bond acceptors (Lipinski definition) is 6. The maximum Gasteiger partial charge on any atom is 0.363 e. The number of nitrogens with one attached hydrogen (secondary N) is 1. The summed E-state index contributed by atoms with van der Waals surface area (Å²) in [6.45, 7) is 0. The van der Waals surface area contributed by atoms with E-state index in [2.05, 4.69) is 38.3 Å². The highest BCUT2D eigenvalue weighted by Crippen LogP contribution is 2.19. The first kappa shape index (κ1) is 19.5. The van der Waals surface area contributed by atoms with Crippen molar-refractivity contribution in [3.05, 3.63) is 87.5 Å². The molecule has 0 atom stereocenters. The molecule has 0 spiro atoms. The lowest BCUT2D eigenvalue weighted by Crippen LogP contribution is -2.11. The van der Waals surface area contributed by atoms with E-state index >= 15 is 0 Å². The van der Waals surface area contributed by atoms with Gasteiger partial charge < -0.3 is 9.94 Å². The van der Waals surface area contributed by atoms with Gasteiger partial charge in [-0.1, -0.05) is 18.2 Å². The van der Waals surface area contributed by atoms with Gasteiger partial charge in [-0.25, -0.2) is 10.3 Å². The van der Waals surface area contributed by atoms with E-state index in [1.54, 1.807) is 42.5 Å². The molecule has 7 nitrogen and oxygen atoms in total. The lowest BCUT2D eigenvalue weighted by Gasteiger charge is -2.07. The van der Waals surface area contributed by atoms with Crippen LogP contribution in [0.4, 0.5) is 11.4 Å². The summed E-state index contributed by atoms with van der Waals surface area (Å²) in [6.07, 6.45) is 0. The van der Waals surface area contributed by atoms with Gasteiger partial charge >= 0.3 is 5.97 Å². The minimum atomic E-state index is -0.565. The third kappa shape index (κ3) is 5.13. The number of aromatic hydroxyl groups is 1. The Bertz CT molecular complexity index is 1040. The normalized spacial score (nSPS) is 10.6. The van der Waals surface area contributed by atoms with Gasteiger partial charge in [0.05, 0.1) is 16.9 Å². The second kappa shape index (κ2) is 9.09. The summed E-state index contributed by atoms with van der Waals surface area (Å²) in [4.78, 5) is 29.1. The maximum absolute atomic E-state index is 12.1. The highest BCUT2D eigenvalue weighted by molar-refractivity contribution is 14.1. The molecule has 1 amide bonds. The lowest BCUT2D eigenvalue weighted by atomic mass is 10.2. The summed E-state index contributed by atoms with van der Waals surface area (Å²) in [7, 11) is 0. The zero-order valence-corrected chi connectivity index (χ0v) is 16.5. The van der Waals surface area contributed by atoms with Crippen LogP contribution in [0.5, 0.6) is 5.75 Å². The summed E-state index contributed by atoms with van der Waals surface area (Å²) in [5.41, 5.74) is 4.27. The fourth-order valence-corrected chi connectivity index (χ4v) is 2.79. The fourth-order valence-electron chi connectivity index (χ4n) is 2.18. The third-order valence-electron chi connectivity index (χ3n) is 3.57. The zero-order valence-electron chi connectivity index (χ0n) is 14.4. The Balaban J connectivity index is 1.58. The van der Waals surface area contributed by atoms with Crippen molar-refractivity contribution in [1.29, 1.82) is 0 Å². The molecule has 0 aliphatic heterocycles. The number of carbonyl (C=O) groups excluding carboxylic acids is 2. The Kier molecular flexibility index (Phi) is 6.33. The molecule has 0 aliphatic carbocycles. The average Bonchev–Trinajstić information content (AvgIpc) is 2.71. The Hall–Kier alpha value is -3.27. The van der Waals surface area contributed by atoms with E-state index in [1.165, 1.54) is 18.2 Å². The van der Waals surface area contributed by atoms with Crippen molar-refractivity contribution in [2.24, 2.45) is 10.2 Å². The second-order valence-electron chi connectivity index (χ2n) is 5.57. The van der Waals surface area contributed by atoms with Crippen LogP contribution in [0.1, 0.15) is 20.7 Å². The fraction of sp³-hybridized carbons (Fsp3) is 0. The van der Waals surface area contributed by atoms with Crippen LogP contribution in [-0.4, -0.2) is 17.0 Å². The Labute approximate surface area is 174 Å². The summed E-state index contributed by atoms with van der Waals surface area (Å²) >= 11 is 2.06. The number of phenols is 1. The van der Waals surface area contributed by atoms with Gasteiger partial charge in [-0.2, -0.15) is 0 Å². The first-order valence-electron chi connectivity index (χ1n) is 8.10. The van der Waals surface area contributed by atoms with Crippen LogP contribution in [0, 0.1) is 3.57 Å². The van der Waals surface area contributed by atoms with Crippen LogP contribution in [0.3, 0.4) is 0 Å². The molecule has 0 aromatic heterocycles. The van der Waals surface area contributed by atoms with Gasteiger partial charge in [-0.3, -0.25) is 4.79 Å². The number of phenolic OH excluding ortho intramolecular Hbond substituents is 1. The molecule has 3 aromatic rings. The number of amides is 1. The van der Waals surface area contributed by atoms with E-state index in [-0.39, 0.29) is 11.3 Å². The quantitative estimate of drug-likeness (QED) is 0.296. The first-order chi connectivity index (χ1) is 13.5. The predicted molar refractivity (Wildman–Crippen MR) is 112 cm³/mol. The van der Waals surface area contributed by atoms with Gasteiger partial charge in [-0.05, 0) is 77.2 Å². The van der Waals surface area contributed by atoms with Gasteiger partial charge in [-0.15, -0.1) is 10.2 Å². The second-order valence-corrected chi connectivity index (χ2v) is 6.74. The Morgan fingerprint density at radius 2 is 1.71 bits per heavy atom. The number of nitrogens with zero attached hydrogens (tertiary/aromatic N) is 2. The molecule has 0 saturated heterocycles. The molecule has 0 bridgehead atoms. The van der Waals surface area contributed by atoms with E-state index in [0.717, 1.165) is 3.57 Å². The molecule has 140 valence electrons. The molecule has 2 N–H and O–H groups in total. The molecule has 0 radical (unpaired) electrons. The number of anilines is 1. The maximum atomic E-state index is 12.1. The summed E-state index contributed by atoms with van der Waals surface area (Å²) in [5.74, 6) is -1.08. The first-order valence-corrected chi connectivity index (χ1v) is 9.18. The molecule has 0 fully saturated rings. The summed E-state index contributed by atoms with van der Waals surface area (Å²) < 4.78 is 0.791. The van der Waals surface area contributed by atoms with Crippen LogP contribution in [-0.2, 0) is 4.84 Å². The van der Waals surface area contributed by atoms with Crippen LogP contribution in [0.15, 0.2) is 83.0 Å². The largest absolute Gasteiger partial charge is 0.508 e. The van der Waals surface area contributed by atoms with Crippen LogP contribution in [0.25, 0.3) is 0 Å². The smallest absolute Gasteiger partial charge is 0.363 e.